The fourth-order valence-corrected chi connectivity index (χ4v) is 0.921. The molecule has 11 heavy (non-hydrogen) atoms. The van der Waals surface area contributed by atoms with Crippen molar-refractivity contribution in [2.24, 2.45) is 5.92 Å². The van der Waals surface area contributed by atoms with E-state index in [-0.39, 0.29) is 6.10 Å². The predicted octanol–water partition coefficient (Wildman–Crippen LogP) is 1.73. The number of ether oxygens (including phenoxy) is 2. The van der Waals surface area contributed by atoms with Gasteiger partial charge in [0.25, 0.3) is 0 Å². The van der Waals surface area contributed by atoms with Gasteiger partial charge in [0.2, 0.25) is 0 Å². The van der Waals surface area contributed by atoms with Crippen LogP contribution in [0.3, 0.4) is 0 Å². The molecule has 0 aliphatic heterocycles. The standard InChI is InChI=1S/C8H12O3/c1-3-7(6-4-5-6)11-8(9)10-2/h3,6-7H,1,4-5H2,2H3. The number of rotatable bonds is 3. The summed E-state index contributed by atoms with van der Waals surface area (Å²) in [7, 11) is 1.30. The maximum Gasteiger partial charge on any atom is 0.508 e. The number of methoxy groups -OCH3 is 1. The highest BCUT2D eigenvalue weighted by molar-refractivity contribution is 5.60. The van der Waals surface area contributed by atoms with E-state index in [9.17, 15) is 4.79 Å². The van der Waals surface area contributed by atoms with Crippen molar-refractivity contribution in [2.45, 2.75) is 18.9 Å². The van der Waals surface area contributed by atoms with Crippen molar-refractivity contribution < 1.29 is 14.3 Å². The van der Waals surface area contributed by atoms with Gasteiger partial charge in [0.1, 0.15) is 6.10 Å². The van der Waals surface area contributed by atoms with Crippen LogP contribution in [0.2, 0.25) is 0 Å². The van der Waals surface area contributed by atoms with Crippen LogP contribution in [-0.2, 0) is 9.47 Å². The summed E-state index contributed by atoms with van der Waals surface area (Å²) >= 11 is 0. The summed E-state index contributed by atoms with van der Waals surface area (Å²) in [6, 6.07) is 0. The highest BCUT2D eigenvalue weighted by Gasteiger charge is 2.32. The van der Waals surface area contributed by atoms with E-state index in [1.54, 1.807) is 6.08 Å². The monoisotopic (exact) mass is 156 g/mol. The fraction of sp³-hybridized carbons (Fsp3) is 0.625. The zero-order valence-corrected chi connectivity index (χ0v) is 6.58. The van der Waals surface area contributed by atoms with Crippen LogP contribution in [0.5, 0.6) is 0 Å². The van der Waals surface area contributed by atoms with Crippen molar-refractivity contribution in [3.05, 3.63) is 12.7 Å². The molecule has 0 N–H and O–H groups in total. The quantitative estimate of drug-likeness (QED) is 0.461. The van der Waals surface area contributed by atoms with Gasteiger partial charge in [-0.05, 0) is 18.8 Å². The third-order valence-corrected chi connectivity index (χ3v) is 1.72. The van der Waals surface area contributed by atoms with Gasteiger partial charge in [-0.1, -0.05) is 12.7 Å². The van der Waals surface area contributed by atoms with E-state index >= 15 is 0 Å². The molecule has 0 bridgehead atoms. The minimum atomic E-state index is -0.623. The number of carbonyl (C=O) groups is 1. The van der Waals surface area contributed by atoms with Crippen molar-refractivity contribution in [1.82, 2.24) is 0 Å². The molecule has 3 nitrogen and oxygen atoms in total. The van der Waals surface area contributed by atoms with E-state index in [1.165, 1.54) is 7.11 Å². The average Bonchev–Trinajstić information content (AvgIpc) is 2.82. The van der Waals surface area contributed by atoms with Crippen LogP contribution in [0.4, 0.5) is 4.79 Å². The first kappa shape index (κ1) is 8.11. The Morgan fingerprint density at radius 3 is 2.73 bits per heavy atom. The van der Waals surface area contributed by atoms with Crippen LogP contribution in [0.1, 0.15) is 12.8 Å². The van der Waals surface area contributed by atoms with Gasteiger partial charge in [0.05, 0.1) is 7.11 Å². The van der Waals surface area contributed by atoms with Gasteiger partial charge in [-0.25, -0.2) is 4.79 Å². The Balaban J connectivity index is 2.30. The molecule has 0 spiro atoms. The summed E-state index contributed by atoms with van der Waals surface area (Å²) in [5, 5.41) is 0. The van der Waals surface area contributed by atoms with E-state index in [4.69, 9.17) is 4.74 Å². The largest absolute Gasteiger partial charge is 0.508 e. The molecule has 0 saturated heterocycles. The van der Waals surface area contributed by atoms with Crippen molar-refractivity contribution in [1.29, 1.82) is 0 Å². The lowest BCUT2D eigenvalue weighted by molar-refractivity contribution is 0.0459. The van der Waals surface area contributed by atoms with Gasteiger partial charge >= 0.3 is 6.16 Å². The maximum absolute atomic E-state index is 10.6. The number of hydrogen-bond donors (Lipinski definition) is 0. The number of carbonyl (C=O) groups excluding carboxylic acids is 1. The molecule has 1 unspecified atom stereocenters. The molecule has 1 rings (SSSR count). The van der Waals surface area contributed by atoms with Crippen molar-refractivity contribution >= 4 is 6.16 Å². The first-order valence-corrected chi connectivity index (χ1v) is 3.65. The van der Waals surface area contributed by atoms with Crippen LogP contribution in [0.15, 0.2) is 12.7 Å². The molecule has 1 fully saturated rings. The summed E-state index contributed by atoms with van der Waals surface area (Å²) in [5.41, 5.74) is 0. The van der Waals surface area contributed by atoms with E-state index in [0.717, 1.165) is 12.8 Å². The first-order chi connectivity index (χ1) is 5.27. The van der Waals surface area contributed by atoms with Gasteiger partial charge in [-0.15, -0.1) is 0 Å². The fourth-order valence-electron chi connectivity index (χ4n) is 0.921. The van der Waals surface area contributed by atoms with Crippen LogP contribution < -0.4 is 0 Å². The minimum Gasteiger partial charge on any atom is -0.438 e. The van der Waals surface area contributed by atoms with E-state index in [0.29, 0.717) is 5.92 Å². The van der Waals surface area contributed by atoms with Crippen LogP contribution in [0, 0.1) is 5.92 Å². The third kappa shape index (κ3) is 2.26. The molecule has 1 atom stereocenters. The lowest BCUT2D eigenvalue weighted by atomic mass is 10.2. The predicted molar refractivity (Wildman–Crippen MR) is 40.2 cm³/mol. The Morgan fingerprint density at radius 1 is 1.73 bits per heavy atom. The molecule has 0 radical (unpaired) electrons. The molecule has 1 aliphatic rings. The second-order valence-corrected chi connectivity index (χ2v) is 2.61. The highest BCUT2D eigenvalue weighted by atomic mass is 16.7. The minimum absolute atomic E-state index is 0.151. The molecule has 1 aliphatic carbocycles. The smallest absolute Gasteiger partial charge is 0.438 e. The van der Waals surface area contributed by atoms with E-state index in [1.807, 2.05) is 0 Å². The molecule has 0 amide bonds. The summed E-state index contributed by atoms with van der Waals surface area (Å²) in [4.78, 5) is 10.6. The van der Waals surface area contributed by atoms with Gasteiger partial charge in [-0.2, -0.15) is 0 Å². The summed E-state index contributed by atoms with van der Waals surface area (Å²) in [5.74, 6) is 0.478. The maximum atomic E-state index is 10.6. The summed E-state index contributed by atoms with van der Waals surface area (Å²) < 4.78 is 9.25. The normalized spacial score (nSPS) is 18.6. The van der Waals surface area contributed by atoms with Crippen LogP contribution in [-0.4, -0.2) is 19.4 Å². The van der Waals surface area contributed by atoms with Crippen molar-refractivity contribution in [3.8, 4) is 0 Å². The topological polar surface area (TPSA) is 35.5 Å². The van der Waals surface area contributed by atoms with Crippen LogP contribution in [0.25, 0.3) is 0 Å². The van der Waals surface area contributed by atoms with E-state index in [2.05, 4.69) is 11.3 Å². The zero-order valence-electron chi connectivity index (χ0n) is 6.58. The SMILES string of the molecule is C=CC(OC(=O)OC)C1CC1. The van der Waals surface area contributed by atoms with Gasteiger partial charge in [0, 0.05) is 0 Å². The Labute approximate surface area is 66.0 Å². The van der Waals surface area contributed by atoms with Gasteiger partial charge < -0.3 is 9.47 Å². The highest BCUT2D eigenvalue weighted by Crippen LogP contribution is 2.34. The molecule has 0 aromatic carbocycles. The second-order valence-electron chi connectivity index (χ2n) is 2.61. The summed E-state index contributed by atoms with van der Waals surface area (Å²) in [6.45, 7) is 3.58. The zero-order chi connectivity index (χ0) is 8.27. The lowest BCUT2D eigenvalue weighted by Crippen LogP contribution is -2.17. The molecular weight excluding hydrogens is 144 g/mol. The molecule has 62 valence electrons. The molecule has 0 aromatic heterocycles. The van der Waals surface area contributed by atoms with Crippen molar-refractivity contribution in [2.75, 3.05) is 7.11 Å². The molecule has 0 heterocycles. The Hall–Kier alpha value is -0.990. The third-order valence-electron chi connectivity index (χ3n) is 1.72. The van der Waals surface area contributed by atoms with Gasteiger partial charge in [-0.3, -0.25) is 0 Å². The van der Waals surface area contributed by atoms with Crippen LogP contribution >= 0.6 is 0 Å². The molecule has 0 aromatic rings. The Kier molecular flexibility index (Phi) is 2.52. The van der Waals surface area contributed by atoms with E-state index < -0.39 is 6.16 Å². The lowest BCUT2D eigenvalue weighted by Gasteiger charge is -2.10. The Morgan fingerprint density at radius 2 is 2.36 bits per heavy atom. The number of hydrogen-bond acceptors (Lipinski definition) is 3. The van der Waals surface area contributed by atoms with Crippen molar-refractivity contribution in [3.63, 3.8) is 0 Å². The first-order valence-electron chi connectivity index (χ1n) is 3.65. The Bertz CT molecular complexity index is 161. The molecule has 3 heteroatoms. The second kappa shape index (κ2) is 3.42. The van der Waals surface area contributed by atoms with Gasteiger partial charge in [0.15, 0.2) is 0 Å². The average molecular weight is 156 g/mol. The molecular formula is C8H12O3. The molecule has 1 saturated carbocycles. The summed E-state index contributed by atoms with van der Waals surface area (Å²) in [6.07, 6.45) is 3.11.